The van der Waals surface area contributed by atoms with Crippen LogP contribution in [0.25, 0.3) is 21.5 Å². The van der Waals surface area contributed by atoms with Gasteiger partial charge in [-0.2, -0.15) is 0 Å². The standard InChI is InChI=1S/C23H25NO3/c1-25-15-6-7-16-18(10-15)20-12-23(27-3)22(26-2)11-19(20)17-9-14-5-4-8-24(14)13-21(16)17/h6-7,10-12,14H,4-5,8-9,13H2,1-3H3/p+1. The Hall–Kier alpha value is -2.46. The number of methoxy groups -OCH3 is 3. The topological polar surface area (TPSA) is 32.1 Å². The van der Waals surface area contributed by atoms with E-state index in [1.54, 1.807) is 26.2 Å². The molecule has 2 unspecified atom stereocenters. The van der Waals surface area contributed by atoms with Crippen molar-refractivity contribution >= 4 is 21.5 Å². The van der Waals surface area contributed by atoms with Crippen LogP contribution < -0.4 is 19.1 Å². The van der Waals surface area contributed by atoms with Gasteiger partial charge in [0.15, 0.2) is 11.5 Å². The van der Waals surface area contributed by atoms with Gasteiger partial charge in [0.05, 0.1) is 33.9 Å². The minimum atomic E-state index is 0.754. The van der Waals surface area contributed by atoms with Crippen LogP contribution >= 0.6 is 0 Å². The molecule has 27 heavy (non-hydrogen) atoms. The maximum absolute atomic E-state index is 5.62. The fourth-order valence-electron chi connectivity index (χ4n) is 5.18. The van der Waals surface area contributed by atoms with Crippen LogP contribution in [0.3, 0.4) is 0 Å². The maximum atomic E-state index is 5.62. The summed E-state index contributed by atoms with van der Waals surface area (Å²) in [6, 6.07) is 11.5. The van der Waals surface area contributed by atoms with Crippen molar-refractivity contribution in [3.8, 4) is 17.2 Å². The second-order valence-corrected chi connectivity index (χ2v) is 7.75. The van der Waals surface area contributed by atoms with E-state index in [1.165, 1.54) is 52.1 Å². The van der Waals surface area contributed by atoms with Gasteiger partial charge in [-0.05, 0) is 51.4 Å². The zero-order valence-corrected chi connectivity index (χ0v) is 16.2. The lowest BCUT2D eigenvalue weighted by atomic mass is 9.85. The molecule has 0 aromatic heterocycles. The molecule has 0 aliphatic carbocycles. The highest BCUT2D eigenvalue weighted by molar-refractivity contribution is 6.12. The Morgan fingerprint density at radius 3 is 2.30 bits per heavy atom. The van der Waals surface area contributed by atoms with E-state index in [2.05, 4.69) is 30.3 Å². The van der Waals surface area contributed by atoms with Gasteiger partial charge in [0.2, 0.25) is 0 Å². The Kier molecular flexibility index (Phi) is 3.90. The van der Waals surface area contributed by atoms with Crippen LogP contribution in [0.15, 0.2) is 30.3 Å². The molecule has 3 aromatic rings. The molecule has 4 heteroatoms. The van der Waals surface area contributed by atoms with Crippen molar-refractivity contribution in [3.05, 3.63) is 41.5 Å². The summed E-state index contributed by atoms with van der Waals surface area (Å²) in [6.45, 7) is 2.42. The summed E-state index contributed by atoms with van der Waals surface area (Å²) in [4.78, 5) is 1.75. The van der Waals surface area contributed by atoms with E-state index >= 15 is 0 Å². The van der Waals surface area contributed by atoms with Crippen molar-refractivity contribution in [2.45, 2.75) is 31.8 Å². The van der Waals surface area contributed by atoms with Gasteiger partial charge >= 0.3 is 0 Å². The van der Waals surface area contributed by atoms with Gasteiger partial charge in [0.1, 0.15) is 12.3 Å². The number of rotatable bonds is 3. The lowest BCUT2D eigenvalue weighted by molar-refractivity contribution is -0.927. The lowest BCUT2D eigenvalue weighted by Gasteiger charge is -2.31. The first-order valence-corrected chi connectivity index (χ1v) is 9.75. The van der Waals surface area contributed by atoms with Crippen molar-refractivity contribution in [3.63, 3.8) is 0 Å². The number of benzene rings is 3. The largest absolute Gasteiger partial charge is 0.497 e. The van der Waals surface area contributed by atoms with Crippen LogP contribution in [0.5, 0.6) is 17.2 Å². The van der Waals surface area contributed by atoms with E-state index in [1.807, 2.05) is 0 Å². The molecule has 1 N–H and O–H groups in total. The van der Waals surface area contributed by atoms with Crippen LogP contribution in [0.2, 0.25) is 0 Å². The van der Waals surface area contributed by atoms with Gasteiger partial charge in [-0.3, -0.25) is 0 Å². The first-order chi connectivity index (χ1) is 13.2. The number of hydrogen-bond acceptors (Lipinski definition) is 3. The second-order valence-electron chi connectivity index (χ2n) is 7.75. The molecule has 4 nitrogen and oxygen atoms in total. The van der Waals surface area contributed by atoms with Crippen molar-refractivity contribution in [2.24, 2.45) is 0 Å². The second kappa shape index (κ2) is 6.31. The number of fused-ring (bicyclic) bond motifs is 7. The average molecular weight is 364 g/mol. The van der Waals surface area contributed by atoms with E-state index in [0.29, 0.717) is 0 Å². The third kappa shape index (κ3) is 2.47. The maximum Gasteiger partial charge on any atom is 0.161 e. The molecule has 140 valence electrons. The number of ether oxygens (including phenoxy) is 3. The molecule has 1 fully saturated rings. The van der Waals surface area contributed by atoms with Crippen LogP contribution in [-0.4, -0.2) is 33.9 Å². The first-order valence-electron chi connectivity index (χ1n) is 9.75. The van der Waals surface area contributed by atoms with E-state index in [0.717, 1.165) is 36.3 Å². The normalized spacial score (nSPS) is 21.1. The lowest BCUT2D eigenvalue weighted by Crippen LogP contribution is -3.13. The zero-order chi connectivity index (χ0) is 18.5. The molecule has 2 atom stereocenters. The van der Waals surface area contributed by atoms with Gasteiger partial charge in [0, 0.05) is 24.8 Å². The predicted molar refractivity (Wildman–Crippen MR) is 107 cm³/mol. The summed E-state index contributed by atoms with van der Waals surface area (Å²) in [5, 5.41) is 5.11. The minimum Gasteiger partial charge on any atom is -0.497 e. The van der Waals surface area contributed by atoms with Crippen LogP contribution in [0, 0.1) is 0 Å². The Bertz CT molecular complexity index is 1040. The molecule has 1 saturated heterocycles. The molecule has 0 bridgehead atoms. The molecule has 3 aromatic carbocycles. The molecular weight excluding hydrogens is 338 g/mol. The summed E-state index contributed by atoms with van der Waals surface area (Å²) in [7, 11) is 5.14. The fourth-order valence-corrected chi connectivity index (χ4v) is 5.18. The summed E-state index contributed by atoms with van der Waals surface area (Å²) in [6.07, 6.45) is 3.83. The number of nitrogens with one attached hydrogen (secondary N) is 1. The number of hydrogen-bond donors (Lipinski definition) is 1. The summed E-state index contributed by atoms with van der Waals surface area (Å²) in [5.74, 6) is 2.47. The van der Waals surface area contributed by atoms with Crippen LogP contribution in [-0.2, 0) is 13.0 Å². The van der Waals surface area contributed by atoms with Crippen LogP contribution in [0.4, 0.5) is 0 Å². The summed E-state index contributed by atoms with van der Waals surface area (Å²) < 4.78 is 16.8. The van der Waals surface area contributed by atoms with E-state index in [-0.39, 0.29) is 0 Å². The molecule has 0 amide bonds. The molecule has 0 spiro atoms. The van der Waals surface area contributed by atoms with Gasteiger partial charge in [-0.25, -0.2) is 0 Å². The first kappa shape index (κ1) is 16.7. The highest BCUT2D eigenvalue weighted by Gasteiger charge is 2.35. The number of quaternary nitrogens is 1. The van der Waals surface area contributed by atoms with E-state index < -0.39 is 0 Å². The average Bonchev–Trinajstić information content (AvgIpc) is 3.18. The molecule has 2 heterocycles. The molecule has 0 saturated carbocycles. The molecular formula is C23H26NO3+. The van der Waals surface area contributed by atoms with Gasteiger partial charge in [-0.1, -0.05) is 6.07 Å². The van der Waals surface area contributed by atoms with E-state index in [4.69, 9.17) is 14.2 Å². The molecule has 2 aliphatic heterocycles. The molecule has 5 rings (SSSR count). The predicted octanol–water partition coefficient (Wildman–Crippen LogP) is 3.12. The van der Waals surface area contributed by atoms with Crippen molar-refractivity contribution in [1.82, 2.24) is 0 Å². The smallest absolute Gasteiger partial charge is 0.161 e. The Morgan fingerprint density at radius 2 is 1.56 bits per heavy atom. The molecule has 2 aliphatic rings. The third-order valence-corrected chi connectivity index (χ3v) is 6.54. The fraction of sp³-hybridized carbons (Fsp3) is 0.391. The Morgan fingerprint density at radius 1 is 0.815 bits per heavy atom. The van der Waals surface area contributed by atoms with Crippen molar-refractivity contribution in [1.29, 1.82) is 0 Å². The summed E-state index contributed by atoms with van der Waals surface area (Å²) in [5.41, 5.74) is 3.00. The van der Waals surface area contributed by atoms with E-state index in [9.17, 15) is 0 Å². The highest BCUT2D eigenvalue weighted by Crippen LogP contribution is 2.41. The monoisotopic (exact) mass is 364 g/mol. The Labute approximate surface area is 159 Å². The van der Waals surface area contributed by atoms with Crippen molar-refractivity contribution in [2.75, 3.05) is 27.9 Å². The van der Waals surface area contributed by atoms with Gasteiger partial charge in [0.25, 0.3) is 0 Å². The SMILES string of the molecule is COc1ccc2c3c(c4cc(OC)c(OC)cc4c2c1)CC1CCC[NH+]1C3. The van der Waals surface area contributed by atoms with Crippen molar-refractivity contribution < 1.29 is 19.1 Å². The quantitative estimate of drug-likeness (QED) is 0.725. The van der Waals surface area contributed by atoms with Crippen LogP contribution in [0.1, 0.15) is 24.0 Å². The highest BCUT2D eigenvalue weighted by atomic mass is 16.5. The third-order valence-electron chi connectivity index (χ3n) is 6.54. The van der Waals surface area contributed by atoms with Gasteiger partial charge in [-0.15, -0.1) is 0 Å². The van der Waals surface area contributed by atoms with Gasteiger partial charge < -0.3 is 19.1 Å². The summed E-state index contributed by atoms with van der Waals surface area (Å²) >= 11 is 0. The minimum absolute atomic E-state index is 0.754. The Balaban J connectivity index is 1.88. The zero-order valence-electron chi connectivity index (χ0n) is 16.2. The molecule has 0 radical (unpaired) electrons.